The molecule has 146 valence electrons. The van der Waals surface area contributed by atoms with Crippen molar-refractivity contribution in [3.05, 3.63) is 58.0 Å². The Labute approximate surface area is 171 Å². The predicted molar refractivity (Wildman–Crippen MR) is 111 cm³/mol. The molecule has 0 saturated carbocycles. The second-order valence-corrected chi connectivity index (χ2v) is 7.29. The first-order valence-electron chi connectivity index (χ1n) is 8.61. The topological polar surface area (TPSA) is 86.1 Å². The summed E-state index contributed by atoms with van der Waals surface area (Å²) in [5, 5.41) is 4.25. The van der Waals surface area contributed by atoms with E-state index >= 15 is 0 Å². The number of carbonyl (C=O) groups excluding carboxylic acids is 1. The van der Waals surface area contributed by atoms with Crippen LogP contribution in [-0.2, 0) is 16.1 Å². The summed E-state index contributed by atoms with van der Waals surface area (Å²) in [5.41, 5.74) is 0.488. The highest BCUT2D eigenvalue weighted by atomic mass is 35.5. The van der Waals surface area contributed by atoms with Crippen LogP contribution < -0.4 is 10.9 Å². The number of anilines is 1. The molecule has 3 aromatic rings. The minimum atomic E-state index is -0.245. The predicted octanol–water partition coefficient (Wildman–Crippen LogP) is 3.21. The number of ether oxygens (including phenoxy) is 1. The molecule has 1 amide bonds. The Hall–Kier alpha value is -2.42. The smallest absolute Gasteiger partial charge is 0.262 e. The van der Waals surface area contributed by atoms with Crippen molar-refractivity contribution < 1.29 is 9.53 Å². The number of hydrogen-bond donors (Lipinski definition) is 1. The first kappa shape index (κ1) is 20.3. The fraction of sp³-hybridized carbons (Fsp3) is 0.263. The van der Waals surface area contributed by atoms with Gasteiger partial charge in [-0.2, -0.15) is 0 Å². The number of para-hydroxylation sites is 1. The van der Waals surface area contributed by atoms with E-state index in [2.05, 4.69) is 15.3 Å². The lowest BCUT2D eigenvalue weighted by atomic mass is 10.2. The first-order chi connectivity index (χ1) is 13.6. The largest absolute Gasteiger partial charge is 0.385 e. The second kappa shape index (κ2) is 9.68. The molecule has 0 aliphatic carbocycles. The zero-order valence-electron chi connectivity index (χ0n) is 15.2. The van der Waals surface area contributed by atoms with Crippen LogP contribution in [0, 0.1) is 0 Å². The van der Waals surface area contributed by atoms with Crippen LogP contribution >= 0.6 is 23.4 Å². The number of amides is 1. The van der Waals surface area contributed by atoms with Crippen LogP contribution in [0.3, 0.4) is 0 Å². The van der Waals surface area contributed by atoms with Gasteiger partial charge in [-0.15, -0.1) is 0 Å². The monoisotopic (exact) mass is 418 g/mol. The summed E-state index contributed by atoms with van der Waals surface area (Å²) in [5.74, 6) is 0.268. The number of nitrogens with one attached hydrogen (secondary N) is 1. The number of fused-ring (bicyclic) bond motifs is 1. The van der Waals surface area contributed by atoms with Crippen molar-refractivity contribution in [2.75, 3.05) is 24.8 Å². The maximum atomic E-state index is 12.9. The minimum Gasteiger partial charge on any atom is -0.385 e. The van der Waals surface area contributed by atoms with E-state index in [4.69, 9.17) is 16.3 Å². The maximum absolute atomic E-state index is 12.9. The molecular weight excluding hydrogens is 400 g/mol. The molecule has 0 fully saturated rings. The molecule has 0 bridgehead atoms. The van der Waals surface area contributed by atoms with E-state index in [9.17, 15) is 9.59 Å². The van der Waals surface area contributed by atoms with E-state index < -0.39 is 0 Å². The lowest BCUT2D eigenvalue weighted by molar-refractivity contribution is -0.113. The van der Waals surface area contributed by atoms with Gasteiger partial charge in [-0.1, -0.05) is 35.5 Å². The summed E-state index contributed by atoms with van der Waals surface area (Å²) in [6.45, 7) is 0.999. The molecule has 28 heavy (non-hydrogen) atoms. The van der Waals surface area contributed by atoms with Crippen molar-refractivity contribution in [2.45, 2.75) is 18.1 Å². The Kier molecular flexibility index (Phi) is 7.02. The molecule has 9 heteroatoms. The number of pyridine rings is 1. The highest BCUT2D eigenvalue weighted by molar-refractivity contribution is 7.99. The third-order valence-corrected chi connectivity index (χ3v) is 5.08. The van der Waals surface area contributed by atoms with Gasteiger partial charge in [0.15, 0.2) is 5.16 Å². The summed E-state index contributed by atoms with van der Waals surface area (Å²) in [6.07, 6.45) is 2.13. The molecule has 0 aliphatic rings. The number of thioether (sulfide) groups is 1. The quantitative estimate of drug-likeness (QED) is 0.343. The van der Waals surface area contributed by atoms with E-state index in [1.165, 1.54) is 18.0 Å². The average molecular weight is 419 g/mol. The summed E-state index contributed by atoms with van der Waals surface area (Å²) in [4.78, 5) is 33.7. The van der Waals surface area contributed by atoms with Crippen molar-refractivity contribution in [3.8, 4) is 0 Å². The molecule has 0 saturated heterocycles. The van der Waals surface area contributed by atoms with Crippen LogP contribution in [0.1, 0.15) is 6.42 Å². The molecule has 1 N–H and O–H groups in total. The van der Waals surface area contributed by atoms with E-state index in [1.54, 1.807) is 35.9 Å². The number of nitrogens with zero attached hydrogens (tertiary/aromatic N) is 3. The van der Waals surface area contributed by atoms with Gasteiger partial charge in [0.25, 0.3) is 5.56 Å². The van der Waals surface area contributed by atoms with Gasteiger partial charge < -0.3 is 10.1 Å². The van der Waals surface area contributed by atoms with Gasteiger partial charge >= 0.3 is 0 Å². The van der Waals surface area contributed by atoms with Crippen LogP contribution in [0.5, 0.6) is 0 Å². The normalized spacial score (nSPS) is 10.9. The minimum absolute atomic E-state index is 0.0966. The highest BCUT2D eigenvalue weighted by Gasteiger charge is 2.13. The Balaban J connectivity index is 1.78. The van der Waals surface area contributed by atoms with E-state index in [-0.39, 0.29) is 17.2 Å². The molecule has 0 unspecified atom stereocenters. The first-order valence-corrected chi connectivity index (χ1v) is 9.97. The van der Waals surface area contributed by atoms with Gasteiger partial charge in [0.05, 0.1) is 21.7 Å². The zero-order valence-corrected chi connectivity index (χ0v) is 16.8. The van der Waals surface area contributed by atoms with Crippen molar-refractivity contribution in [1.82, 2.24) is 14.5 Å². The molecule has 3 rings (SSSR count). The van der Waals surface area contributed by atoms with E-state index in [1.807, 2.05) is 12.1 Å². The van der Waals surface area contributed by atoms with Gasteiger partial charge in [-0.05, 0) is 30.7 Å². The third-order valence-electron chi connectivity index (χ3n) is 3.88. The van der Waals surface area contributed by atoms with Crippen LogP contribution in [-0.4, -0.2) is 39.9 Å². The van der Waals surface area contributed by atoms with Crippen LogP contribution in [0.15, 0.2) is 52.5 Å². The molecule has 0 aliphatic heterocycles. The Morgan fingerprint density at radius 2 is 2.11 bits per heavy atom. The Morgan fingerprint density at radius 1 is 1.29 bits per heavy atom. The van der Waals surface area contributed by atoms with Gasteiger partial charge in [0.1, 0.15) is 5.82 Å². The van der Waals surface area contributed by atoms with Crippen molar-refractivity contribution in [2.24, 2.45) is 0 Å². The lowest BCUT2D eigenvalue weighted by Crippen LogP contribution is -2.25. The fourth-order valence-corrected chi connectivity index (χ4v) is 3.52. The standard InChI is InChI=1S/C19H19ClN4O3S/c1-27-10-4-9-24-18(26)14-5-2-3-6-15(14)22-19(24)28-12-17(25)23-16-8-7-13(20)11-21-16/h2-3,5-8,11H,4,9-10,12H2,1H3,(H,21,23,25). The van der Waals surface area contributed by atoms with Gasteiger partial charge in [0, 0.05) is 26.5 Å². The molecular formula is C19H19ClN4O3S. The summed E-state index contributed by atoms with van der Waals surface area (Å²) < 4.78 is 6.68. The van der Waals surface area contributed by atoms with Crippen LogP contribution in [0.25, 0.3) is 10.9 Å². The van der Waals surface area contributed by atoms with E-state index in [0.717, 1.165) is 0 Å². The number of rotatable bonds is 8. The number of halogens is 1. The van der Waals surface area contributed by atoms with E-state index in [0.29, 0.717) is 46.5 Å². The number of benzene rings is 1. The molecule has 1 aromatic carbocycles. The summed E-state index contributed by atoms with van der Waals surface area (Å²) >= 11 is 7.00. The molecule has 0 atom stereocenters. The lowest BCUT2D eigenvalue weighted by Gasteiger charge is -2.13. The molecule has 0 radical (unpaired) electrons. The number of methoxy groups -OCH3 is 1. The third kappa shape index (κ3) is 5.09. The van der Waals surface area contributed by atoms with Crippen molar-refractivity contribution >= 4 is 46.0 Å². The molecule has 2 heterocycles. The SMILES string of the molecule is COCCCn1c(SCC(=O)Nc2ccc(Cl)cn2)nc2ccccc2c1=O. The highest BCUT2D eigenvalue weighted by Crippen LogP contribution is 2.19. The maximum Gasteiger partial charge on any atom is 0.262 e. The van der Waals surface area contributed by atoms with Gasteiger partial charge in [-0.25, -0.2) is 9.97 Å². The Bertz CT molecular complexity index is 1020. The number of hydrogen-bond acceptors (Lipinski definition) is 6. The number of carbonyl (C=O) groups is 1. The summed E-state index contributed by atoms with van der Waals surface area (Å²) in [7, 11) is 1.62. The molecule has 0 spiro atoms. The fourth-order valence-electron chi connectivity index (χ4n) is 2.58. The number of aromatic nitrogens is 3. The average Bonchev–Trinajstić information content (AvgIpc) is 2.70. The molecule has 2 aromatic heterocycles. The van der Waals surface area contributed by atoms with Crippen molar-refractivity contribution in [3.63, 3.8) is 0 Å². The van der Waals surface area contributed by atoms with Crippen molar-refractivity contribution in [1.29, 1.82) is 0 Å². The van der Waals surface area contributed by atoms with Gasteiger partial charge in [-0.3, -0.25) is 14.2 Å². The van der Waals surface area contributed by atoms with Crippen LogP contribution in [0.2, 0.25) is 5.02 Å². The second-order valence-electron chi connectivity index (χ2n) is 5.91. The van der Waals surface area contributed by atoms with Gasteiger partial charge in [0.2, 0.25) is 5.91 Å². The summed E-state index contributed by atoms with van der Waals surface area (Å²) in [6, 6.07) is 10.5. The zero-order chi connectivity index (χ0) is 19.9. The molecule has 7 nitrogen and oxygen atoms in total. The van der Waals surface area contributed by atoms with Crippen LogP contribution in [0.4, 0.5) is 5.82 Å². The Morgan fingerprint density at radius 3 is 2.86 bits per heavy atom.